The molecule has 2 rings (SSSR count). The Labute approximate surface area is 231 Å². The van der Waals surface area contributed by atoms with Gasteiger partial charge in [0.1, 0.15) is 24.2 Å². The van der Waals surface area contributed by atoms with Crippen LogP contribution in [0.25, 0.3) is 0 Å². The van der Waals surface area contributed by atoms with Crippen molar-refractivity contribution in [1.29, 1.82) is 0 Å². The number of nitrogens with one attached hydrogen (secondary N) is 3. The first-order valence-corrected chi connectivity index (χ1v) is 14.0. The van der Waals surface area contributed by atoms with Crippen LogP contribution in [0.5, 0.6) is 0 Å². The standard InChI is InChI=1S/C29H44N4O6/c1-5-7-11-19(4)24-17-26(35)31-21(15-20-12-9-8-10-13-20)27(36)32-22(16-25(30)34)28(37)33-23(29(38)39-24)14-18(3)6-2/h8-10,12-13,18-19,21-24H,5-7,11,14-17H2,1-4H3,(H2,30,34)(H,31,35)(H,32,36)(H,33,37)/t18-,19+,21+,22+,23-,24+/m1/s1. The maximum atomic E-state index is 13.4. The van der Waals surface area contributed by atoms with Gasteiger partial charge in [0, 0.05) is 6.42 Å². The van der Waals surface area contributed by atoms with Gasteiger partial charge in [-0.15, -0.1) is 0 Å². The SMILES string of the molecule is CCCC[C@H](C)[C@@H]1CC(=O)N[C@@H](Cc2ccccc2)C(=O)N[C@@H](CC(N)=O)C(=O)N[C@H](C[C@H](C)CC)C(=O)O1. The van der Waals surface area contributed by atoms with Crippen molar-refractivity contribution in [1.82, 2.24) is 16.0 Å². The molecule has 1 saturated heterocycles. The molecule has 39 heavy (non-hydrogen) atoms. The Morgan fingerprint density at radius 2 is 1.62 bits per heavy atom. The molecule has 1 heterocycles. The molecular formula is C29H44N4O6. The Balaban J connectivity index is 2.46. The van der Waals surface area contributed by atoms with Crippen LogP contribution < -0.4 is 21.7 Å². The summed E-state index contributed by atoms with van der Waals surface area (Å²) in [6.45, 7) is 7.91. The third-order valence-electron chi connectivity index (χ3n) is 7.21. The van der Waals surface area contributed by atoms with Crippen LogP contribution >= 0.6 is 0 Å². The lowest BCUT2D eigenvalue weighted by atomic mass is 9.94. The van der Waals surface area contributed by atoms with E-state index in [0.29, 0.717) is 6.42 Å². The van der Waals surface area contributed by atoms with Crippen LogP contribution in [0.3, 0.4) is 0 Å². The van der Waals surface area contributed by atoms with E-state index in [1.54, 1.807) is 0 Å². The normalized spacial score (nSPS) is 24.5. The van der Waals surface area contributed by atoms with Gasteiger partial charge in [0.2, 0.25) is 23.6 Å². The molecule has 216 valence electrons. The average molecular weight is 545 g/mol. The zero-order valence-corrected chi connectivity index (χ0v) is 23.5. The number of carbonyl (C=O) groups excluding carboxylic acids is 5. The lowest BCUT2D eigenvalue weighted by Crippen LogP contribution is -2.57. The summed E-state index contributed by atoms with van der Waals surface area (Å²) in [4.78, 5) is 65.0. The topological polar surface area (TPSA) is 157 Å². The highest BCUT2D eigenvalue weighted by atomic mass is 16.5. The molecule has 1 aliphatic heterocycles. The molecule has 6 atom stereocenters. The van der Waals surface area contributed by atoms with E-state index in [9.17, 15) is 24.0 Å². The summed E-state index contributed by atoms with van der Waals surface area (Å²) in [7, 11) is 0. The summed E-state index contributed by atoms with van der Waals surface area (Å²) in [5.74, 6) is -3.27. The van der Waals surface area contributed by atoms with E-state index in [-0.39, 0.29) is 24.7 Å². The molecule has 10 heteroatoms. The second-order valence-corrected chi connectivity index (χ2v) is 10.7. The summed E-state index contributed by atoms with van der Waals surface area (Å²) in [5, 5.41) is 8.02. The number of nitrogens with two attached hydrogens (primary N) is 1. The minimum Gasteiger partial charge on any atom is -0.460 e. The van der Waals surface area contributed by atoms with Gasteiger partial charge in [-0.25, -0.2) is 4.79 Å². The summed E-state index contributed by atoms with van der Waals surface area (Å²) < 4.78 is 5.88. The molecule has 5 N–H and O–H groups in total. The van der Waals surface area contributed by atoms with Crippen molar-refractivity contribution in [3.63, 3.8) is 0 Å². The number of ether oxygens (including phenoxy) is 1. The predicted octanol–water partition coefficient (Wildman–Crippen LogP) is 2.14. The first-order valence-electron chi connectivity index (χ1n) is 14.0. The average Bonchev–Trinajstić information content (AvgIpc) is 2.90. The second kappa shape index (κ2) is 15.9. The van der Waals surface area contributed by atoms with Crippen molar-refractivity contribution in [2.75, 3.05) is 0 Å². The predicted molar refractivity (Wildman–Crippen MR) is 147 cm³/mol. The van der Waals surface area contributed by atoms with Crippen molar-refractivity contribution in [2.45, 2.75) is 103 Å². The fourth-order valence-electron chi connectivity index (χ4n) is 4.54. The summed E-state index contributed by atoms with van der Waals surface area (Å²) >= 11 is 0. The molecule has 1 aromatic carbocycles. The van der Waals surface area contributed by atoms with Crippen molar-refractivity contribution in [2.24, 2.45) is 17.6 Å². The molecule has 0 aliphatic carbocycles. The Kier molecular flexibility index (Phi) is 12.9. The quantitative estimate of drug-likeness (QED) is 0.313. The van der Waals surface area contributed by atoms with Crippen LogP contribution in [0.4, 0.5) is 0 Å². The summed E-state index contributed by atoms with van der Waals surface area (Å²) in [6.07, 6.45) is 2.51. The summed E-state index contributed by atoms with van der Waals surface area (Å²) in [5.41, 5.74) is 6.17. The van der Waals surface area contributed by atoms with Gasteiger partial charge < -0.3 is 26.4 Å². The van der Waals surface area contributed by atoms with E-state index in [2.05, 4.69) is 22.9 Å². The third-order valence-corrected chi connectivity index (χ3v) is 7.21. The van der Waals surface area contributed by atoms with Crippen LogP contribution in [0.2, 0.25) is 0 Å². The molecule has 0 unspecified atom stereocenters. The van der Waals surface area contributed by atoms with Crippen LogP contribution in [0.15, 0.2) is 30.3 Å². The van der Waals surface area contributed by atoms with Crippen LogP contribution in [-0.2, 0) is 35.1 Å². The highest BCUT2D eigenvalue weighted by Crippen LogP contribution is 2.21. The molecule has 0 saturated carbocycles. The van der Waals surface area contributed by atoms with E-state index in [0.717, 1.165) is 31.2 Å². The lowest BCUT2D eigenvalue weighted by molar-refractivity contribution is -0.157. The van der Waals surface area contributed by atoms with E-state index in [1.165, 1.54) is 0 Å². The largest absolute Gasteiger partial charge is 0.460 e. The van der Waals surface area contributed by atoms with Gasteiger partial charge >= 0.3 is 5.97 Å². The molecule has 1 fully saturated rings. The van der Waals surface area contributed by atoms with E-state index >= 15 is 0 Å². The number of esters is 1. The first kappa shape index (κ1) is 31.8. The minimum absolute atomic E-state index is 0.0808. The third kappa shape index (κ3) is 10.7. The van der Waals surface area contributed by atoms with Crippen LogP contribution in [0.1, 0.15) is 78.2 Å². The number of benzene rings is 1. The van der Waals surface area contributed by atoms with E-state index in [4.69, 9.17) is 10.5 Å². The van der Waals surface area contributed by atoms with Gasteiger partial charge in [-0.05, 0) is 30.2 Å². The van der Waals surface area contributed by atoms with Gasteiger partial charge in [0.15, 0.2) is 0 Å². The number of rotatable bonds is 11. The summed E-state index contributed by atoms with van der Waals surface area (Å²) in [6, 6.07) is 5.77. The number of hydrogen-bond acceptors (Lipinski definition) is 6. The Morgan fingerprint density at radius 1 is 0.974 bits per heavy atom. The Hall–Kier alpha value is -3.43. The van der Waals surface area contributed by atoms with Gasteiger partial charge in [-0.3, -0.25) is 19.2 Å². The Morgan fingerprint density at radius 3 is 2.23 bits per heavy atom. The van der Waals surface area contributed by atoms with Crippen molar-refractivity contribution in [3.8, 4) is 0 Å². The molecular weight excluding hydrogens is 500 g/mol. The molecule has 4 amide bonds. The van der Waals surface area contributed by atoms with Gasteiger partial charge in [-0.2, -0.15) is 0 Å². The maximum absolute atomic E-state index is 13.4. The smallest absolute Gasteiger partial charge is 0.328 e. The number of primary amides is 1. The minimum atomic E-state index is -1.32. The molecule has 0 spiro atoms. The molecule has 0 bridgehead atoms. The maximum Gasteiger partial charge on any atom is 0.328 e. The van der Waals surface area contributed by atoms with Crippen molar-refractivity contribution < 1.29 is 28.7 Å². The number of hydrogen-bond donors (Lipinski definition) is 4. The highest BCUT2D eigenvalue weighted by Gasteiger charge is 2.35. The lowest BCUT2D eigenvalue weighted by Gasteiger charge is -2.28. The zero-order chi connectivity index (χ0) is 28.9. The molecule has 1 aliphatic rings. The Bertz CT molecular complexity index is 985. The van der Waals surface area contributed by atoms with E-state index < -0.39 is 60.2 Å². The van der Waals surface area contributed by atoms with E-state index in [1.807, 2.05) is 51.1 Å². The fourth-order valence-corrected chi connectivity index (χ4v) is 4.54. The van der Waals surface area contributed by atoms with Crippen LogP contribution in [0, 0.1) is 11.8 Å². The molecule has 1 aromatic rings. The van der Waals surface area contributed by atoms with Crippen molar-refractivity contribution in [3.05, 3.63) is 35.9 Å². The van der Waals surface area contributed by atoms with Gasteiger partial charge in [-0.1, -0.05) is 77.3 Å². The number of amides is 4. The molecule has 10 nitrogen and oxygen atoms in total. The molecule has 0 radical (unpaired) electrons. The van der Waals surface area contributed by atoms with Crippen molar-refractivity contribution >= 4 is 29.6 Å². The molecule has 0 aromatic heterocycles. The number of unbranched alkanes of at least 4 members (excludes halogenated alkanes) is 1. The zero-order valence-electron chi connectivity index (χ0n) is 23.5. The second-order valence-electron chi connectivity index (χ2n) is 10.7. The monoisotopic (exact) mass is 544 g/mol. The van der Waals surface area contributed by atoms with Gasteiger partial charge in [0.05, 0.1) is 12.8 Å². The highest BCUT2D eigenvalue weighted by molar-refractivity contribution is 5.96. The fraction of sp³-hybridized carbons (Fsp3) is 0.621. The van der Waals surface area contributed by atoms with Crippen LogP contribution in [-0.4, -0.2) is 53.8 Å². The number of carbonyl (C=O) groups is 5. The number of cyclic esters (lactones) is 1. The van der Waals surface area contributed by atoms with Gasteiger partial charge in [0.25, 0.3) is 0 Å². The first-order chi connectivity index (χ1) is 18.5.